The Hall–Kier alpha value is -1.10. The molecule has 0 heterocycles. The van der Waals surface area contributed by atoms with Crippen LogP contribution in [0.5, 0.6) is 0 Å². The van der Waals surface area contributed by atoms with Crippen LogP contribution in [0.4, 0.5) is 0 Å². The smallest absolute Gasteiger partial charge is 0.326 e. The second-order valence-electron chi connectivity index (χ2n) is 4.03. The summed E-state index contributed by atoms with van der Waals surface area (Å²) in [5.41, 5.74) is 0. The zero-order chi connectivity index (χ0) is 12.0. The average Bonchev–Trinajstić information content (AvgIpc) is 2.12. The second kappa shape index (κ2) is 6.40. The fourth-order valence-electron chi connectivity index (χ4n) is 1.21. The molecule has 0 rings (SSSR count). The lowest BCUT2D eigenvalue weighted by atomic mass is 10.0. The van der Waals surface area contributed by atoms with Crippen LogP contribution in [0, 0.1) is 11.8 Å². The molecule has 0 aromatic rings. The van der Waals surface area contributed by atoms with Gasteiger partial charge in [-0.2, -0.15) is 0 Å². The molecule has 1 amide bonds. The number of carbonyl (C=O) groups excluding carboxylic acids is 1. The summed E-state index contributed by atoms with van der Waals surface area (Å²) in [4.78, 5) is 22.4. The Kier molecular flexibility index (Phi) is 5.93. The summed E-state index contributed by atoms with van der Waals surface area (Å²) in [6.07, 6.45) is 0. The van der Waals surface area contributed by atoms with Gasteiger partial charge in [0, 0.05) is 12.5 Å². The van der Waals surface area contributed by atoms with Crippen LogP contribution >= 0.6 is 0 Å². The lowest BCUT2D eigenvalue weighted by Crippen LogP contribution is -2.47. The van der Waals surface area contributed by atoms with E-state index >= 15 is 0 Å². The third-order valence-electron chi connectivity index (χ3n) is 2.19. The number of carboxylic acids is 1. The molecule has 2 atom stereocenters. The Balaban J connectivity index is 4.29. The number of nitrogens with one attached hydrogen (secondary N) is 2. The van der Waals surface area contributed by atoms with Crippen molar-refractivity contribution >= 4 is 11.9 Å². The van der Waals surface area contributed by atoms with Crippen LogP contribution in [0.1, 0.15) is 20.8 Å². The van der Waals surface area contributed by atoms with Crippen molar-refractivity contribution in [3.8, 4) is 0 Å². The van der Waals surface area contributed by atoms with Crippen molar-refractivity contribution in [3.05, 3.63) is 0 Å². The summed E-state index contributed by atoms with van der Waals surface area (Å²) >= 11 is 0. The maximum Gasteiger partial charge on any atom is 0.326 e. The minimum absolute atomic E-state index is 0.117. The van der Waals surface area contributed by atoms with Crippen LogP contribution in [0.25, 0.3) is 0 Å². The van der Waals surface area contributed by atoms with Gasteiger partial charge in [0.05, 0.1) is 0 Å². The van der Waals surface area contributed by atoms with Gasteiger partial charge >= 0.3 is 5.97 Å². The topological polar surface area (TPSA) is 78.4 Å². The van der Waals surface area contributed by atoms with Crippen molar-refractivity contribution < 1.29 is 14.7 Å². The van der Waals surface area contributed by atoms with Gasteiger partial charge in [0.25, 0.3) is 0 Å². The summed E-state index contributed by atoms with van der Waals surface area (Å²) in [6.45, 7) is 5.82. The summed E-state index contributed by atoms with van der Waals surface area (Å²) in [5, 5.41) is 14.3. The first-order valence-electron chi connectivity index (χ1n) is 5.08. The molecule has 0 aromatic heterocycles. The molecular weight excluding hydrogens is 196 g/mol. The number of hydrogen-bond acceptors (Lipinski definition) is 3. The molecule has 3 N–H and O–H groups in total. The fraction of sp³-hybridized carbons (Fsp3) is 0.800. The van der Waals surface area contributed by atoms with E-state index in [0.717, 1.165) is 0 Å². The molecule has 0 aliphatic carbocycles. The van der Waals surface area contributed by atoms with E-state index in [-0.39, 0.29) is 17.7 Å². The van der Waals surface area contributed by atoms with Gasteiger partial charge in [0.2, 0.25) is 5.91 Å². The van der Waals surface area contributed by atoms with Crippen LogP contribution in [0.2, 0.25) is 0 Å². The Morgan fingerprint density at radius 1 is 1.27 bits per heavy atom. The zero-order valence-electron chi connectivity index (χ0n) is 9.70. The van der Waals surface area contributed by atoms with E-state index in [9.17, 15) is 9.59 Å². The van der Waals surface area contributed by atoms with Crippen LogP contribution in [0.15, 0.2) is 0 Å². The van der Waals surface area contributed by atoms with Gasteiger partial charge in [-0.15, -0.1) is 0 Å². The highest BCUT2D eigenvalue weighted by Gasteiger charge is 2.25. The molecule has 15 heavy (non-hydrogen) atoms. The lowest BCUT2D eigenvalue weighted by molar-refractivity contribution is -0.143. The van der Waals surface area contributed by atoms with E-state index < -0.39 is 12.0 Å². The SMILES string of the molecule is CNCC(C)C(=O)N[C@H](C(=O)O)C(C)C. The van der Waals surface area contributed by atoms with Crippen LogP contribution < -0.4 is 10.6 Å². The summed E-state index contributed by atoms with van der Waals surface area (Å²) in [5.74, 6) is -1.57. The standard InChI is InChI=1S/C10H20N2O3/c1-6(2)8(10(14)15)12-9(13)7(3)5-11-4/h6-8,11H,5H2,1-4H3,(H,12,13)(H,14,15)/t7?,8-/m0/s1. The minimum atomic E-state index is -0.991. The first-order chi connectivity index (χ1) is 6.90. The summed E-state index contributed by atoms with van der Waals surface area (Å²) in [6, 6.07) is -0.809. The van der Waals surface area contributed by atoms with Crippen molar-refractivity contribution in [2.24, 2.45) is 11.8 Å². The third kappa shape index (κ3) is 4.78. The van der Waals surface area contributed by atoms with Crippen LogP contribution in [-0.4, -0.2) is 36.6 Å². The third-order valence-corrected chi connectivity index (χ3v) is 2.19. The number of carboxylic acid groups (broad SMARTS) is 1. The lowest BCUT2D eigenvalue weighted by Gasteiger charge is -2.20. The number of aliphatic carboxylic acids is 1. The van der Waals surface area contributed by atoms with E-state index in [1.807, 2.05) is 0 Å². The predicted molar refractivity (Wildman–Crippen MR) is 57.5 cm³/mol. The van der Waals surface area contributed by atoms with E-state index in [2.05, 4.69) is 10.6 Å². The molecular formula is C10H20N2O3. The molecule has 5 nitrogen and oxygen atoms in total. The molecule has 0 spiro atoms. The highest BCUT2D eigenvalue weighted by molar-refractivity contribution is 5.85. The van der Waals surface area contributed by atoms with Crippen molar-refractivity contribution in [1.29, 1.82) is 0 Å². The fourth-order valence-corrected chi connectivity index (χ4v) is 1.21. The minimum Gasteiger partial charge on any atom is -0.480 e. The molecule has 0 aromatic carbocycles. The monoisotopic (exact) mass is 216 g/mol. The molecule has 0 radical (unpaired) electrons. The van der Waals surface area contributed by atoms with E-state index in [0.29, 0.717) is 6.54 Å². The molecule has 1 unspecified atom stereocenters. The predicted octanol–water partition coefficient (Wildman–Crippen LogP) is 0.0673. The molecule has 88 valence electrons. The molecule has 0 saturated heterocycles. The average molecular weight is 216 g/mol. The van der Waals surface area contributed by atoms with E-state index in [1.54, 1.807) is 27.8 Å². The molecule has 0 saturated carbocycles. The molecule has 0 aliphatic rings. The van der Waals surface area contributed by atoms with Gasteiger partial charge in [-0.25, -0.2) is 4.79 Å². The highest BCUT2D eigenvalue weighted by Crippen LogP contribution is 2.03. The van der Waals surface area contributed by atoms with Gasteiger partial charge in [-0.05, 0) is 13.0 Å². The summed E-state index contributed by atoms with van der Waals surface area (Å²) < 4.78 is 0. The maximum absolute atomic E-state index is 11.5. The Bertz CT molecular complexity index is 229. The van der Waals surface area contributed by atoms with E-state index in [4.69, 9.17) is 5.11 Å². The number of amides is 1. The van der Waals surface area contributed by atoms with E-state index in [1.165, 1.54) is 0 Å². The normalized spacial score (nSPS) is 14.7. The van der Waals surface area contributed by atoms with Crippen LogP contribution in [0.3, 0.4) is 0 Å². The molecule has 0 fully saturated rings. The van der Waals surface area contributed by atoms with Crippen molar-refractivity contribution in [2.75, 3.05) is 13.6 Å². The Morgan fingerprint density at radius 3 is 2.13 bits per heavy atom. The first-order valence-corrected chi connectivity index (χ1v) is 5.08. The summed E-state index contributed by atoms with van der Waals surface area (Å²) in [7, 11) is 1.75. The molecule has 0 bridgehead atoms. The number of carbonyl (C=O) groups is 2. The molecule has 5 heteroatoms. The van der Waals surface area contributed by atoms with Gasteiger partial charge in [-0.3, -0.25) is 4.79 Å². The van der Waals surface area contributed by atoms with Gasteiger partial charge < -0.3 is 15.7 Å². The number of hydrogen-bond donors (Lipinski definition) is 3. The number of rotatable bonds is 6. The Morgan fingerprint density at radius 2 is 1.80 bits per heavy atom. The second-order valence-corrected chi connectivity index (χ2v) is 4.03. The largest absolute Gasteiger partial charge is 0.480 e. The van der Waals surface area contributed by atoms with Gasteiger partial charge in [-0.1, -0.05) is 20.8 Å². The highest BCUT2D eigenvalue weighted by atomic mass is 16.4. The Labute approximate surface area is 90.2 Å². The van der Waals surface area contributed by atoms with Gasteiger partial charge in [0.1, 0.15) is 6.04 Å². The van der Waals surface area contributed by atoms with Crippen molar-refractivity contribution in [1.82, 2.24) is 10.6 Å². The van der Waals surface area contributed by atoms with Crippen LogP contribution in [-0.2, 0) is 9.59 Å². The quantitative estimate of drug-likeness (QED) is 0.587. The van der Waals surface area contributed by atoms with Crippen molar-refractivity contribution in [3.63, 3.8) is 0 Å². The van der Waals surface area contributed by atoms with Crippen molar-refractivity contribution in [2.45, 2.75) is 26.8 Å². The first kappa shape index (κ1) is 13.9. The zero-order valence-corrected chi connectivity index (χ0v) is 9.70. The van der Waals surface area contributed by atoms with Gasteiger partial charge in [0.15, 0.2) is 0 Å². The maximum atomic E-state index is 11.5. The molecule has 0 aliphatic heterocycles.